The van der Waals surface area contributed by atoms with Crippen LogP contribution >= 0.6 is 0 Å². The summed E-state index contributed by atoms with van der Waals surface area (Å²) in [7, 11) is 0. The predicted octanol–water partition coefficient (Wildman–Crippen LogP) is 2.78. The van der Waals surface area contributed by atoms with Crippen molar-refractivity contribution in [2.24, 2.45) is 0 Å². The second-order valence-electron chi connectivity index (χ2n) is 4.45. The number of nitrogens with one attached hydrogen (secondary N) is 1. The van der Waals surface area contributed by atoms with Crippen LogP contribution in [0.4, 0.5) is 5.69 Å². The maximum Gasteiger partial charge on any atom is 0.226 e. The van der Waals surface area contributed by atoms with E-state index in [4.69, 9.17) is 0 Å². The number of amides is 1. The number of aromatic nitrogens is 2. The second-order valence-corrected chi connectivity index (χ2v) is 4.45. The van der Waals surface area contributed by atoms with Crippen molar-refractivity contribution in [1.82, 2.24) is 9.78 Å². The minimum atomic E-state index is 0.00172. The van der Waals surface area contributed by atoms with Gasteiger partial charge < -0.3 is 5.32 Å². The first kappa shape index (κ1) is 12.4. The van der Waals surface area contributed by atoms with E-state index < -0.39 is 0 Å². The lowest BCUT2D eigenvalue weighted by molar-refractivity contribution is -0.116. The van der Waals surface area contributed by atoms with Gasteiger partial charge in [-0.25, -0.2) is 0 Å². The van der Waals surface area contributed by atoms with Crippen molar-refractivity contribution in [2.45, 2.75) is 26.3 Å². The first-order chi connectivity index (χ1) is 8.65. The van der Waals surface area contributed by atoms with Gasteiger partial charge in [0.2, 0.25) is 5.91 Å². The molecular weight excluding hydrogens is 226 g/mol. The Kier molecular flexibility index (Phi) is 3.77. The molecule has 1 heterocycles. The SMILES string of the molecule is Cc1ccc(NC(=O)C[C@H](C)n2cccn2)cc1. The van der Waals surface area contributed by atoms with Crippen molar-refractivity contribution in [3.63, 3.8) is 0 Å². The largest absolute Gasteiger partial charge is 0.326 e. The molecule has 1 amide bonds. The molecule has 18 heavy (non-hydrogen) atoms. The molecule has 0 fully saturated rings. The zero-order chi connectivity index (χ0) is 13.0. The number of hydrogen-bond acceptors (Lipinski definition) is 2. The highest BCUT2D eigenvalue weighted by molar-refractivity contribution is 5.90. The Labute approximate surface area is 107 Å². The maximum atomic E-state index is 11.9. The fourth-order valence-corrected chi connectivity index (χ4v) is 1.75. The third kappa shape index (κ3) is 3.20. The van der Waals surface area contributed by atoms with Gasteiger partial charge >= 0.3 is 0 Å². The molecule has 0 aliphatic rings. The molecule has 0 aliphatic heterocycles. The Hall–Kier alpha value is -2.10. The summed E-state index contributed by atoms with van der Waals surface area (Å²) in [5.41, 5.74) is 2.01. The fourth-order valence-electron chi connectivity index (χ4n) is 1.75. The van der Waals surface area contributed by atoms with E-state index in [1.165, 1.54) is 5.56 Å². The van der Waals surface area contributed by atoms with Gasteiger partial charge in [0.05, 0.1) is 6.04 Å². The summed E-state index contributed by atoms with van der Waals surface area (Å²) in [5, 5.41) is 7.01. The number of rotatable bonds is 4. The van der Waals surface area contributed by atoms with Gasteiger partial charge in [0.15, 0.2) is 0 Å². The van der Waals surface area contributed by atoms with E-state index in [1.54, 1.807) is 10.9 Å². The average Bonchev–Trinajstić information content (AvgIpc) is 2.85. The molecule has 4 heteroatoms. The van der Waals surface area contributed by atoms with Gasteiger partial charge in [-0.05, 0) is 32.0 Å². The number of aryl methyl sites for hydroxylation is 1. The molecule has 1 aromatic carbocycles. The van der Waals surface area contributed by atoms with Gasteiger partial charge in [0.1, 0.15) is 0 Å². The van der Waals surface area contributed by atoms with E-state index >= 15 is 0 Å². The van der Waals surface area contributed by atoms with Crippen LogP contribution in [-0.4, -0.2) is 15.7 Å². The van der Waals surface area contributed by atoms with Crippen LogP contribution in [0.15, 0.2) is 42.7 Å². The number of hydrogen-bond donors (Lipinski definition) is 1. The molecule has 2 aromatic rings. The molecule has 0 radical (unpaired) electrons. The number of carbonyl (C=O) groups is 1. The first-order valence-electron chi connectivity index (χ1n) is 6.01. The van der Waals surface area contributed by atoms with Crippen LogP contribution in [0.3, 0.4) is 0 Å². The number of nitrogens with zero attached hydrogens (tertiary/aromatic N) is 2. The van der Waals surface area contributed by atoms with E-state index in [2.05, 4.69) is 10.4 Å². The second kappa shape index (κ2) is 5.49. The highest BCUT2D eigenvalue weighted by Gasteiger charge is 2.10. The summed E-state index contributed by atoms with van der Waals surface area (Å²) >= 11 is 0. The van der Waals surface area contributed by atoms with Gasteiger partial charge in [-0.1, -0.05) is 17.7 Å². The van der Waals surface area contributed by atoms with Gasteiger partial charge in [-0.3, -0.25) is 9.48 Å². The van der Waals surface area contributed by atoms with Crippen LogP contribution < -0.4 is 5.32 Å². The summed E-state index contributed by atoms with van der Waals surface area (Å²) in [4.78, 5) is 11.9. The van der Waals surface area contributed by atoms with E-state index in [-0.39, 0.29) is 11.9 Å². The molecule has 0 saturated carbocycles. The molecule has 0 aliphatic carbocycles. The standard InChI is InChI=1S/C14H17N3O/c1-11-4-6-13(7-5-11)16-14(18)10-12(2)17-9-3-8-15-17/h3-9,12H,10H2,1-2H3,(H,16,18)/t12-/m0/s1. The van der Waals surface area contributed by atoms with Crippen LogP contribution in [-0.2, 0) is 4.79 Å². The molecule has 1 atom stereocenters. The van der Waals surface area contributed by atoms with Crippen molar-refractivity contribution in [2.75, 3.05) is 5.32 Å². The minimum absolute atomic E-state index is 0.00172. The third-order valence-corrected chi connectivity index (χ3v) is 2.79. The number of anilines is 1. The predicted molar refractivity (Wildman–Crippen MR) is 71.4 cm³/mol. The summed E-state index contributed by atoms with van der Waals surface area (Å²) < 4.78 is 1.79. The van der Waals surface area contributed by atoms with Gasteiger partial charge in [0.25, 0.3) is 0 Å². The Morgan fingerprint density at radius 1 is 1.39 bits per heavy atom. The average molecular weight is 243 g/mol. The highest BCUT2D eigenvalue weighted by Crippen LogP contribution is 2.12. The monoisotopic (exact) mass is 243 g/mol. The van der Waals surface area contributed by atoms with E-state index in [0.29, 0.717) is 6.42 Å². The Bertz CT molecular complexity index is 502. The molecular formula is C14H17N3O. The lowest BCUT2D eigenvalue weighted by Gasteiger charge is -2.12. The topological polar surface area (TPSA) is 46.9 Å². The van der Waals surface area contributed by atoms with Crippen molar-refractivity contribution in [3.8, 4) is 0 Å². The number of carbonyl (C=O) groups excluding carboxylic acids is 1. The van der Waals surface area contributed by atoms with E-state index in [0.717, 1.165) is 5.69 Å². The third-order valence-electron chi connectivity index (χ3n) is 2.79. The van der Waals surface area contributed by atoms with Crippen LogP contribution in [0.2, 0.25) is 0 Å². The highest BCUT2D eigenvalue weighted by atomic mass is 16.1. The van der Waals surface area contributed by atoms with Crippen LogP contribution in [0.5, 0.6) is 0 Å². The van der Waals surface area contributed by atoms with Crippen LogP contribution in [0, 0.1) is 6.92 Å². The lowest BCUT2D eigenvalue weighted by Crippen LogP contribution is -2.17. The molecule has 94 valence electrons. The van der Waals surface area contributed by atoms with Gasteiger partial charge in [0, 0.05) is 24.5 Å². The van der Waals surface area contributed by atoms with Gasteiger partial charge in [-0.2, -0.15) is 5.10 Å². The summed E-state index contributed by atoms with van der Waals surface area (Å²) in [5.74, 6) is 0.00172. The molecule has 1 aromatic heterocycles. The smallest absolute Gasteiger partial charge is 0.226 e. The zero-order valence-electron chi connectivity index (χ0n) is 10.6. The van der Waals surface area contributed by atoms with Crippen molar-refractivity contribution in [1.29, 1.82) is 0 Å². The Morgan fingerprint density at radius 3 is 2.72 bits per heavy atom. The van der Waals surface area contributed by atoms with E-state index in [1.807, 2.05) is 50.4 Å². The molecule has 0 unspecified atom stereocenters. The van der Waals surface area contributed by atoms with Crippen LogP contribution in [0.1, 0.15) is 24.9 Å². The van der Waals surface area contributed by atoms with E-state index in [9.17, 15) is 4.79 Å². The summed E-state index contributed by atoms with van der Waals surface area (Å²) in [6, 6.07) is 9.69. The molecule has 2 rings (SSSR count). The molecule has 0 bridgehead atoms. The molecule has 0 saturated heterocycles. The Morgan fingerprint density at radius 2 is 2.11 bits per heavy atom. The lowest BCUT2D eigenvalue weighted by atomic mass is 10.2. The number of benzene rings is 1. The summed E-state index contributed by atoms with van der Waals surface area (Å²) in [6.45, 7) is 3.99. The molecule has 4 nitrogen and oxygen atoms in total. The van der Waals surface area contributed by atoms with Crippen molar-refractivity contribution < 1.29 is 4.79 Å². The van der Waals surface area contributed by atoms with Crippen molar-refractivity contribution >= 4 is 11.6 Å². The molecule has 1 N–H and O–H groups in total. The minimum Gasteiger partial charge on any atom is -0.326 e. The van der Waals surface area contributed by atoms with Gasteiger partial charge in [-0.15, -0.1) is 0 Å². The zero-order valence-corrected chi connectivity index (χ0v) is 10.6. The first-order valence-corrected chi connectivity index (χ1v) is 6.01. The summed E-state index contributed by atoms with van der Waals surface area (Å²) in [6.07, 6.45) is 3.99. The fraction of sp³-hybridized carbons (Fsp3) is 0.286. The normalized spacial score (nSPS) is 12.1. The quantitative estimate of drug-likeness (QED) is 0.897. The maximum absolute atomic E-state index is 11.9. The Balaban J connectivity index is 1.91. The van der Waals surface area contributed by atoms with Crippen LogP contribution in [0.25, 0.3) is 0 Å². The molecule has 0 spiro atoms. The van der Waals surface area contributed by atoms with Crippen molar-refractivity contribution in [3.05, 3.63) is 48.3 Å².